The molecule has 3 rings (SSSR count). The van der Waals surface area contributed by atoms with Gasteiger partial charge in [0.1, 0.15) is 17.5 Å². The zero-order valence-corrected chi connectivity index (χ0v) is 14.3. The van der Waals surface area contributed by atoms with Crippen molar-refractivity contribution >= 4 is 15.9 Å². The molecule has 1 aromatic carbocycles. The molecular formula is C15H20FN3O4S. The number of hydrogen-bond acceptors (Lipinski definition) is 5. The molecule has 1 unspecified atom stereocenters. The van der Waals surface area contributed by atoms with Crippen molar-refractivity contribution in [1.29, 1.82) is 0 Å². The third kappa shape index (κ3) is 2.92. The molecule has 9 heteroatoms. The van der Waals surface area contributed by atoms with Gasteiger partial charge in [0.2, 0.25) is 15.9 Å². The van der Waals surface area contributed by atoms with Crippen molar-refractivity contribution in [3.63, 3.8) is 0 Å². The number of amides is 1. The molecule has 2 aliphatic heterocycles. The molecule has 7 nitrogen and oxygen atoms in total. The first-order valence-electron chi connectivity index (χ1n) is 7.59. The molecule has 0 aromatic heterocycles. The lowest BCUT2D eigenvalue weighted by Gasteiger charge is -2.53. The Hall–Kier alpha value is -1.55. The lowest BCUT2D eigenvalue weighted by molar-refractivity contribution is -0.180. The van der Waals surface area contributed by atoms with Crippen molar-refractivity contribution in [3.8, 4) is 0 Å². The van der Waals surface area contributed by atoms with Crippen LogP contribution in [0.5, 0.6) is 0 Å². The maximum Gasteiger partial charge on any atom is 0.243 e. The quantitative estimate of drug-likeness (QED) is 0.800. The summed E-state index contributed by atoms with van der Waals surface area (Å²) >= 11 is 0. The molecule has 24 heavy (non-hydrogen) atoms. The van der Waals surface area contributed by atoms with Crippen LogP contribution in [0.3, 0.4) is 0 Å². The molecule has 1 N–H and O–H groups in total. The van der Waals surface area contributed by atoms with Gasteiger partial charge in [-0.25, -0.2) is 12.8 Å². The average molecular weight is 357 g/mol. The molecule has 2 aliphatic rings. The number of sulfonamides is 1. The molecule has 0 bridgehead atoms. The lowest BCUT2D eigenvalue weighted by atomic mass is 9.93. The highest BCUT2D eigenvalue weighted by Crippen LogP contribution is 2.34. The van der Waals surface area contributed by atoms with Crippen LogP contribution in [-0.2, 0) is 19.6 Å². The number of nitrogens with one attached hydrogen (secondary N) is 1. The van der Waals surface area contributed by atoms with Crippen molar-refractivity contribution < 1.29 is 22.3 Å². The van der Waals surface area contributed by atoms with E-state index in [1.165, 1.54) is 16.4 Å². The van der Waals surface area contributed by atoms with Gasteiger partial charge in [0.15, 0.2) is 0 Å². The van der Waals surface area contributed by atoms with Crippen LogP contribution in [0.1, 0.15) is 0 Å². The molecule has 2 heterocycles. The van der Waals surface area contributed by atoms with E-state index in [4.69, 9.17) is 4.74 Å². The average Bonchev–Trinajstić information content (AvgIpc) is 2.52. The van der Waals surface area contributed by atoms with Crippen LogP contribution in [0.15, 0.2) is 29.2 Å². The fraction of sp³-hybridized carbons (Fsp3) is 0.533. The Kier molecular flexibility index (Phi) is 4.37. The first-order chi connectivity index (χ1) is 11.3. The molecule has 1 aromatic rings. The standard InChI is InChI=1S/C15H20FN3O4S/c1-17-14(20)13-7-23-15(8-18(13)2)9-19(10-15)24(21,22)12-5-3-11(16)4-6-12/h3-6,13H,7-10H2,1-2H3,(H,17,20). The molecule has 0 radical (unpaired) electrons. The van der Waals surface area contributed by atoms with Gasteiger partial charge in [-0.3, -0.25) is 9.69 Å². The van der Waals surface area contributed by atoms with Gasteiger partial charge >= 0.3 is 0 Å². The molecule has 2 fully saturated rings. The van der Waals surface area contributed by atoms with Crippen molar-refractivity contribution in [2.45, 2.75) is 16.5 Å². The zero-order valence-electron chi connectivity index (χ0n) is 13.5. The smallest absolute Gasteiger partial charge is 0.243 e. The summed E-state index contributed by atoms with van der Waals surface area (Å²) in [5.74, 6) is -0.603. The Morgan fingerprint density at radius 2 is 1.92 bits per heavy atom. The Morgan fingerprint density at radius 3 is 2.46 bits per heavy atom. The van der Waals surface area contributed by atoms with Crippen LogP contribution in [-0.4, -0.2) is 75.5 Å². The van der Waals surface area contributed by atoms with Crippen molar-refractivity contribution in [2.24, 2.45) is 0 Å². The van der Waals surface area contributed by atoms with E-state index >= 15 is 0 Å². The Bertz CT molecular complexity index is 732. The van der Waals surface area contributed by atoms with Gasteiger partial charge < -0.3 is 10.1 Å². The largest absolute Gasteiger partial charge is 0.369 e. The second-order valence-electron chi connectivity index (χ2n) is 6.27. The predicted molar refractivity (Wildman–Crippen MR) is 84.3 cm³/mol. The predicted octanol–water partition coefficient (Wildman–Crippen LogP) is -0.355. The molecule has 1 spiro atoms. The van der Waals surface area contributed by atoms with Crippen molar-refractivity contribution in [1.82, 2.24) is 14.5 Å². The number of nitrogens with zero attached hydrogens (tertiary/aromatic N) is 2. The number of carbonyl (C=O) groups is 1. The molecule has 0 aliphatic carbocycles. The Labute approximate surface area is 140 Å². The van der Waals surface area contributed by atoms with Gasteiger partial charge in [0.05, 0.1) is 11.5 Å². The number of halogens is 1. The third-order valence-electron chi connectivity index (χ3n) is 4.55. The van der Waals surface area contributed by atoms with E-state index in [1.807, 2.05) is 11.9 Å². The number of ether oxygens (including phenoxy) is 1. The minimum Gasteiger partial charge on any atom is -0.369 e. The maximum atomic E-state index is 13.0. The van der Waals surface area contributed by atoms with Gasteiger partial charge in [-0.05, 0) is 31.3 Å². The minimum atomic E-state index is -3.66. The fourth-order valence-corrected chi connectivity index (χ4v) is 4.74. The van der Waals surface area contributed by atoms with E-state index in [9.17, 15) is 17.6 Å². The number of hydrogen-bond donors (Lipinski definition) is 1. The molecule has 1 atom stereocenters. The normalized spacial score (nSPS) is 24.5. The fourth-order valence-electron chi connectivity index (χ4n) is 3.15. The minimum absolute atomic E-state index is 0.0613. The van der Waals surface area contributed by atoms with Crippen LogP contribution in [0.4, 0.5) is 4.39 Å². The van der Waals surface area contributed by atoms with Crippen LogP contribution < -0.4 is 5.32 Å². The maximum absolute atomic E-state index is 13.0. The van der Waals surface area contributed by atoms with Crippen LogP contribution in [0, 0.1) is 5.82 Å². The summed E-state index contributed by atoms with van der Waals surface area (Å²) in [5, 5.41) is 2.59. The first-order valence-corrected chi connectivity index (χ1v) is 9.03. The van der Waals surface area contributed by atoms with E-state index in [-0.39, 0.29) is 36.5 Å². The highest BCUT2D eigenvalue weighted by molar-refractivity contribution is 7.89. The van der Waals surface area contributed by atoms with Crippen LogP contribution >= 0.6 is 0 Å². The number of likely N-dealkylation sites (N-methyl/N-ethyl adjacent to an activating group) is 2. The summed E-state index contributed by atoms with van der Waals surface area (Å²) in [6.07, 6.45) is 0. The van der Waals surface area contributed by atoms with Crippen molar-refractivity contribution in [3.05, 3.63) is 30.1 Å². The monoisotopic (exact) mass is 357 g/mol. The summed E-state index contributed by atoms with van der Waals surface area (Å²) in [6, 6.07) is 4.39. The molecule has 0 saturated carbocycles. The number of carbonyl (C=O) groups excluding carboxylic acids is 1. The molecular weight excluding hydrogens is 337 g/mol. The second kappa shape index (κ2) is 6.07. The van der Waals surface area contributed by atoms with Gasteiger partial charge in [-0.2, -0.15) is 4.31 Å². The van der Waals surface area contributed by atoms with E-state index < -0.39 is 21.4 Å². The molecule has 1 amide bonds. The van der Waals surface area contributed by atoms with Gasteiger partial charge in [0, 0.05) is 26.7 Å². The highest BCUT2D eigenvalue weighted by atomic mass is 32.2. The van der Waals surface area contributed by atoms with E-state index in [0.717, 1.165) is 12.1 Å². The summed E-state index contributed by atoms with van der Waals surface area (Å²) in [5.41, 5.74) is -0.591. The van der Waals surface area contributed by atoms with Gasteiger partial charge in [0.25, 0.3) is 0 Å². The number of rotatable bonds is 3. The molecule has 132 valence electrons. The number of morpholine rings is 1. The summed E-state index contributed by atoms with van der Waals surface area (Å²) in [6.45, 7) is 1.14. The van der Waals surface area contributed by atoms with E-state index in [2.05, 4.69) is 5.32 Å². The summed E-state index contributed by atoms with van der Waals surface area (Å²) < 4.78 is 45.1. The SMILES string of the molecule is CNC(=O)C1COC2(CN1C)CN(S(=O)(=O)c1ccc(F)cc1)C2. The number of benzene rings is 1. The summed E-state index contributed by atoms with van der Waals surface area (Å²) in [4.78, 5) is 13.7. The molecule has 2 saturated heterocycles. The first kappa shape index (κ1) is 17.3. The van der Waals surface area contributed by atoms with Crippen LogP contribution in [0.2, 0.25) is 0 Å². The summed E-state index contributed by atoms with van der Waals surface area (Å²) in [7, 11) is -0.266. The Morgan fingerprint density at radius 1 is 1.29 bits per heavy atom. The zero-order chi connectivity index (χ0) is 17.5. The second-order valence-corrected chi connectivity index (χ2v) is 8.20. The lowest BCUT2D eigenvalue weighted by Crippen LogP contribution is -2.72. The van der Waals surface area contributed by atoms with Crippen molar-refractivity contribution in [2.75, 3.05) is 40.3 Å². The Balaban J connectivity index is 1.67. The van der Waals surface area contributed by atoms with E-state index in [1.54, 1.807) is 7.05 Å². The highest BCUT2D eigenvalue weighted by Gasteiger charge is 2.53. The van der Waals surface area contributed by atoms with Gasteiger partial charge in [-0.1, -0.05) is 0 Å². The topological polar surface area (TPSA) is 79.0 Å². The van der Waals surface area contributed by atoms with Gasteiger partial charge in [-0.15, -0.1) is 0 Å². The third-order valence-corrected chi connectivity index (χ3v) is 6.35. The van der Waals surface area contributed by atoms with Crippen LogP contribution in [0.25, 0.3) is 0 Å². The van der Waals surface area contributed by atoms with E-state index in [0.29, 0.717) is 6.54 Å².